The number of hydrogen-bond acceptors (Lipinski definition) is 6. The van der Waals surface area contributed by atoms with Gasteiger partial charge in [-0.15, -0.1) is 0 Å². The van der Waals surface area contributed by atoms with Crippen LogP contribution in [0.25, 0.3) is 0 Å². The second-order valence-electron chi connectivity index (χ2n) is 2.53. The van der Waals surface area contributed by atoms with Crippen LogP contribution >= 0.6 is 0 Å². The van der Waals surface area contributed by atoms with E-state index in [1.807, 2.05) is 0 Å². The van der Waals surface area contributed by atoms with Crippen LogP contribution in [0.15, 0.2) is 11.8 Å². The Morgan fingerprint density at radius 1 is 1.83 bits per heavy atom. The molecule has 1 atom stereocenters. The molecule has 1 aliphatic heterocycles. The van der Waals surface area contributed by atoms with Crippen molar-refractivity contribution < 1.29 is 9.84 Å². The fourth-order valence-electron chi connectivity index (χ4n) is 0.861. The van der Waals surface area contributed by atoms with Crippen LogP contribution in [0.2, 0.25) is 0 Å². The van der Waals surface area contributed by atoms with Crippen molar-refractivity contribution in [3.8, 4) is 0 Å². The van der Waals surface area contributed by atoms with Crippen LogP contribution in [0.3, 0.4) is 0 Å². The van der Waals surface area contributed by atoms with Crippen molar-refractivity contribution in [3.05, 3.63) is 17.0 Å². The second-order valence-corrected chi connectivity index (χ2v) is 2.53. The average molecular weight is 174 g/mol. The molecule has 1 unspecified atom stereocenters. The van der Waals surface area contributed by atoms with E-state index in [0.29, 0.717) is 10.9 Å². The molecule has 0 aromatic heterocycles. The Kier molecular flexibility index (Phi) is 3.01. The van der Waals surface area contributed by atoms with Gasteiger partial charge in [0.15, 0.2) is 0 Å². The first-order valence-electron chi connectivity index (χ1n) is 3.50. The number of aliphatic hydroxyl groups is 1. The highest BCUT2D eigenvalue weighted by Crippen LogP contribution is 2.09. The molecule has 6 nitrogen and oxygen atoms in total. The van der Waals surface area contributed by atoms with Crippen molar-refractivity contribution in [2.24, 2.45) is 0 Å². The summed E-state index contributed by atoms with van der Waals surface area (Å²) in [5, 5.41) is 21.8. The van der Waals surface area contributed by atoms with E-state index in [2.05, 4.69) is 5.43 Å². The second kappa shape index (κ2) is 3.83. The number of nitrogens with zero attached hydrogens (tertiary/aromatic N) is 2. The number of hydrazine groups is 2. The van der Waals surface area contributed by atoms with Crippen LogP contribution in [-0.2, 0) is 4.74 Å². The minimum Gasteiger partial charge on any atom is -0.753 e. The van der Waals surface area contributed by atoms with E-state index in [4.69, 9.17) is 9.84 Å². The van der Waals surface area contributed by atoms with Gasteiger partial charge in [0.05, 0.1) is 0 Å². The van der Waals surface area contributed by atoms with Gasteiger partial charge in [-0.3, -0.25) is 5.01 Å². The number of methoxy groups -OCH3 is 1. The maximum absolute atomic E-state index is 11.0. The zero-order valence-electron chi connectivity index (χ0n) is 7.02. The highest BCUT2D eigenvalue weighted by Gasteiger charge is 2.15. The third-order valence-electron chi connectivity index (χ3n) is 1.51. The minimum atomic E-state index is -0.907. The fourth-order valence-corrected chi connectivity index (χ4v) is 0.861. The molecule has 70 valence electrons. The van der Waals surface area contributed by atoms with Crippen LogP contribution in [0.4, 0.5) is 0 Å². The molecule has 0 spiro atoms. The third kappa shape index (κ3) is 1.93. The van der Waals surface area contributed by atoms with E-state index < -0.39 is 6.23 Å². The maximum Gasteiger partial charge on any atom is 0.141 e. The molecule has 1 aliphatic rings. The van der Waals surface area contributed by atoms with E-state index in [-0.39, 0.29) is 6.73 Å². The molecular formula is C6H12N3O3-. The van der Waals surface area contributed by atoms with Crippen LogP contribution in [-0.4, -0.2) is 35.5 Å². The van der Waals surface area contributed by atoms with Crippen LogP contribution in [0.1, 0.15) is 6.92 Å². The smallest absolute Gasteiger partial charge is 0.141 e. The SMILES string of the molecule is COCN1C=C(C)C(O)NN1[O-]. The van der Waals surface area contributed by atoms with Gasteiger partial charge in [0, 0.05) is 13.3 Å². The Bertz CT molecular complexity index is 185. The highest BCUT2D eigenvalue weighted by molar-refractivity contribution is 5.04. The minimum absolute atomic E-state index is 0.153. The Morgan fingerprint density at radius 2 is 2.50 bits per heavy atom. The first-order chi connectivity index (χ1) is 5.65. The average Bonchev–Trinajstić information content (AvgIpc) is 2.01. The normalized spacial score (nSPS) is 25.8. The van der Waals surface area contributed by atoms with Crippen LogP contribution in [0, 0.1) is 5.21 Å². The van der Waals surface area contributed by atoms with Gasteiger partial charge >= 0.3 is 0 Å². The molecule has 0 saturated heterocycles. The molecule has 1 rings (SSSR count). The molecule has 0 saturated carbocycles. The van der Waals surface area contributed by atoms with Crippen LogP contribution in [0.5, 0.6) is 0 Å². The number of hydrogen-bond donors (Lipinski definition) is 2. The fraction of sp³-hybridized carbons (Fsp3) is 0.667. The summed E-state index contributed by atoms with van der Waals surface area (Å²) in [6, 6.07) is 0. The Morgan fingerprint density at radius 3 is 3.08 bits per heavy atom. The van der Waals surface area contributed by atoms with Gasteiger partial charge < -0.3 is 15.1 Å². The third-order valence-corrected chi connectivity index (χ3v) is 1.51. The molecule has 0 aromatic carbocycles. The first-order valence-corrected chi connectivity index (χ1v) is 3.50. The van der Waals surface area contributed by atoms with E-state index >= 15 is 0 Å². The highest BCUT2D eigenvalue weighted by atomic mass is 16.6. The van der Waals surface area contributed by atoms with Gasteiger partial charge in [-0.25, -0.2) is 10.7 Å². The van der Waals surface area contributed by atoms with E-state index in [1.165, 1.54) is 18.3 Å². The van der Waals surface area contributed by atoms with Gasteiger partial charge in [-0.05, 0) is 12.5 Å². The topological polar surface area (TPSA) is 71.0 Å². The maximum atomic E-state index is 11.0. The number of nitrogens with one attached hydrogen (secondary N) is 1. The van der Waals surface area contributed by atoms with Gasteiger partial charge in [0.1, 0.15) is 13.0 Å². The number of aliphatic hydroxyl groups excluding tert-OH is 1. The quantitative estimate of drug-likeness (QED) is 0.579. The van der Waals surface area contributed by atoms with Crippen molar-refractivity contribution in [2.75, 3.05) is 13.8 Å². The predicted octanol–water partition coefficient (Wildman–Crippen LogP) is -0.653. The summed E-state index contributed by atoms with van der Waals surface area (Å²) >= 11 is 0. The molecule has 0 aliphatic carbocycles. The Labute approximate surface area is 70.5 Å². The molecule has 0 aromatic rings. The molecule has 0 fully saturated rings. The number of rotatable bonds is 2. The molecular weight excluding hydrogens is 162 g/mol. The Hall–Kier alpha value is -0.660. The molecule has 2 N–H and O–H groups in total. The molecule has 6 heteroatoms. The summed E-state index contributed by atoms with van der Waals surface area (Å²) in [7, 11) is 1.49. The molecule has 0 bridgehead atoms. The summed E-state index contributed by atoms with van der Waals surface area (Å²) in [5.41, 5.74) is 2.94. The predicted molar refractivity (Wildman–Crippen MR) is 41.8 cm³/mol. The molecule has 12 heavy (non-hydrogen) atoms. The molecule has 1 heterocycles. The summed E-state index contributed by atoms with van der Waals surface area (Å²) in [6.45, 7) is 1.87. The lowest BCUT2D eigenvalue weighted by Gasteiger charge is -2.43. The van der Waals surface area contributed by atoms with Crippen molar-refractivity contribution in [1.29, 1.82) is 0 Å². The van der Waals surface area contributed by atoms with E-state index in [9.17, 15) is 5.21 Å². The lowest BCUT2D eigenvalue weighted by molar-refractivity contribution is -0.0991. The molecule has 0 radical (unpaired) electrons. The van der Waals surface area contributed by atoms with Gasteiger partial charge in [-0.2, -0.15) is 0 Å². The van der Waals surface area contributed by atoms with Gasteiger partial charge in [-0.1, -0.05) is 0 Å². The summed E-state index contributed by atoms with van der Waals surface area (Å²) in [4.78, 5) is 0. The summed E-state index contributed by atoms with van der Waals surface area (Å²) in [5.74, 6) is 0. The van der Waals surface area contributed by atoms with Crippen LogP contribution < -0.4 is 5.43 Å². The largest absolute Gasteiger partial charge is 0.753 e. The standard InChI is InChI=1S/C6H12N3O3/c1-5-3-8(4-12-2)9(11)7-6(5)10/h3,6-7,10H,4H2,1-2H3/q-1. The lowest BCUT2D eigenvalue weighted by Crippen LogP contribution is -2.53. The lowest BCUT2D eigenvalue weighted by atomic mass is 10.3. The van der Waals surface area contributed by atoms with Gasteiger partial charge in [0.2, 0.25) is 0 Å². The monoisotopic (exact) mass is 174 g/mol. The first kappa shape index (κ1) is 9.43. The number of ether oxygens (including phenoxy) is 1. The van der Waals surface area contributed by atoms with Crippen molar-refractivity contribution >= 4 is 0 Å². The summed E-state index contributed by atoms with van der Waals surface area (Å²) < 4.78 is 4.75. The zero-order chi connectivity index (χ0) is 9.14. The van der Waals surface area contributed by atoms with Gasteiger partial charge in [0.25, 0.3) is 0 Å². The van der Waals surface area contributed by atoms with E-state index in [1.54, 1.807) is 6.92 Å². The van der Waals surface area contributed by atoms with Crippen molar-refractivity contribution in [1.82, 2.24) is 15.7 Å². The Balaban J connectivity index is 2.62. The van der Waals surface area contributed by atoms with Crippen molar-refractivity contribution in [3.63, 3.8) is 0 Å². The zero-order valence-corrected chi connectivity index (χ0v) is 7.02. The molecule has 0 amide bonds. The van der Waals surface area contributed by atoms with E-state index in [0.717, 1.165) is 0 Å². The van der Waals surface area contributed by atoms with Crippen molar-refractivity contribution in [2.45, 2.75) is 13.2 Å². The summed E-state index contributed by atoms with van der Waals surface area (Å²) in [6.07, 6.45) is 0.619.